The first kappa shape index (κ1) is 25.0. The van der Waals surface area contributed by atoms with Crippen molar-refractivity contribution in [3.63, 3.8) is 0 Å². The predicted octanol–water partition coefficient (Wildman–Crippen LogP) is 5.59. The van der Waals surface area contributed by atoms with Gasteiger partial charge in [-0.05, 0) is 42.8 Å². The number of aromatic amines is 1. The van der Waals surface area contributed by atoms with E-state index in [1.54, 1.807) is 50.6 Å². The zero-order valence-corrected chi connectivity index (χ0v) is 21.9. The second kappa shape index (κ2) is 10.4. The van der Waals surface area contributed by atoms with Crippen LogP contribution in [0.3, 0.4) is 0 Å². The number of nitrogens with zero attached hydrogens (tertiary/aromatic N) is 5. The number of hydrogen-bond donors (Lipinski definition) is 2. The molecule has 0 aliphatic carbocycles. The quantitative estimate of drug-likeness (QED) is 0.271. The Kier molecular flexibility index (Phi) is 7.01. The summed E-state index contributed by atoms with van der Waals surface area (Å²) in [5, 5.41) is 5.59. The molecule has 0 saturated carbocycles. The van der Waals surface area contributed by atoms with E-state index < -0.39 is 5.91 Å². The second-order valence-electron chi connectivity index (χ2n) is 8.20. The minimum atomic E-state index is -0.500. The molecule has 0 saturated heterocycles. The van der Waals surface area contributed by atoms with Gasteiger partial charge in [0, 0.05) is 23.7 Å². The van der Waals surface area contributed by atoms with Gasteiger partial charge in [0.15, 0.2) is 5.82 Å². The maximum absolute atomic E-state index is 12.9. The topological polar surface area (TPSA) is 111 Å². The predicted molar refractivity (Wildman–Crippen MR) is 142 cm³/mol. The van der Waals surface area contributed by atoms with Crippen LogP contribution in [0.5, 0.6) is 5.88 Å². The summed E-state index contributed by atoms with van der Waals surface area (Å²) < 4.78 is 5.21. The van der Waals surface area contributed by atoms with E-state index in [0.717, 1.165) is 16.6 Å². The molecule has 3 aromatic heterocycles. The largest absolute Gasteiger partial charge is 0.481 e. The fourth-order valence-electron chi connectivity index (χ4n) is 3.94. The lowest BCUT2D eigenvalue weighted by Gasteiger charge is -2.13. The molecule has 2 N–H and O–H groups in total. The van der Waals surface area contributed by atoms with Gasteiger partial charge in [-0.1, -0.05) is 46.9 Å². The van der Waals surface area contributed by atoms with E-state index in [-0.39, 0.29) is 21.5 Å². The summed E-state index contributed by atoms with van der Waals surface area (Å²) in [6, 6.07) is 14.0. The zero-order chi connectivity index (χ0) is 26.1. The standard InChI is InChI=1S/C25H20Cl3N7O2/c1-13-30-21(33-35(13)34-25(36)23-17(27)4-3-5-18(23)28)11-16(14-6-9-22(37-2)29-12-14)24-31-19-8-7-15(26)10-20(19)32-24/h3-10,12,16H,11H2,1-2H3,(H,31,32)(H,34,36). The summed E-state index contributed by atoms with van der Waals surface area (Å²) in [4.78, 5) is 31.2. The first-order valence-electron chi connectivity index (χ1n) is 11.2. The second-order valence-corrected chi connectivity index (χ2v) is 9.45. The third-order valence-electron chi connectivity index (χ3n) is 5.76. The van der Waals surface area contributed by atoms with Crippen molar-refractivity contribution >= 4 is 51.7 Å². The van der Waals surface area contributed by atoms with Gasteiger partial charge >= 0.3 is 0 Å². The van der Waals surface area contributed by atoms with Gasteiger partial charge in [0.25, 0.3) is 5.91 Å². The van der Waals surface area contributed by atoms with Crippen LogP contribution in [0, 0.1) is 6.92 Å². The number of imidazole rings is 1. The van der Waals surface area contributed by atoms with Crippen LogP contribution in [-0.4, -0.2) is 42.8 Å². The number of benzene rings is 2. The highest BCUT2D eigenvalue weighted by atomic mass is 35.5. The Balaban J connectivity index is 1.47. The number of H-pyrrole nitrogens is 1. The molecule has 0 aliphatic heterocycles. The molecule has 0 fully saturated rings. The molecule has 2 aromatic carbocycles. The average Bonchev–Trinajstić information content (AvgIpc) is 3.44. The maximum Gasteiger partial charge on any atom is 0.274 e. The Morgan fingerprint density at radius 1 is 1.11 bits per heavy atom. The van der Waals surface area contributed by atoms with E-state index in [0.29, 0.717) is 34.8 Å². The molecule has 37 heavy (non-hydrogen) atoms. The number of pyridine rings is 1. The molecule has 9 nitrogen and oxygen atoms in total. The van der Waals surface area contributed by atoms with Crippen LogP contribution in [0.25, 0.3) is 11.0 Å². The lowest BCUT2D eigenvalue weighted by atomic mass is 9.96. The lowest BCUT2D eigenvalue weighted by Crippen LogP contribution is -2.25. The Morgan fingerprint density at radius 2 is 1.89 bits per heavy atom. The van der Waals surface area contributed by atoms with Gasteiger partial charge in [0.05, 0.1) is 39.7 Å². The molecule has 0 spiro atoms. The van der Waals surface area contributed by atoms with Gasteiger partial charge < -0.3 is 9.72 Å². The van der Waals surface area contributed by atoms with E-state index in [4.69, 9.17) is 44.5 Å². The number of nitrogens with one attached hydrogen (secondary N) is 2. The smallest absolute Gasteiger partial charge is 0.274 e. The maximum atomic E-state index is 12.9. The molecular formula is C25H20Cl3N7O2. The van der Waals surface area contributed by atoms with E-state index in [1.807, 2.05) is 18.2 Å². The number of aryl methyl sites for hydroxylation is 1. The van der Waals surface area contributed by atoms with Gasteiger partial charge in [0.1, 0.15) is 11.6 Å². The summed E-state index contributed by atoms with van der Waals surface area (Å²) in [7, 11) is 1.56. The number of hydrogen-bond acceptors (Lipinski definition) is 6. The number of carbonyl (C=O) groups excluding carboxylic acids is 1. The van der Waals surface area contributed by atoms with Crippen molar-refractivity contribution in [3.8, 4) is 5.88 Å². The molecule has 5 aromatic rings. The Hall–Kier alpha value is -3.66. The van der Waals surface area contributed by atoms with Crippen molar-refractivity contribution in [2.75, 3.05) is 12.5 Å². The average molecular weight is 557 g/mol. The summed E-state index contributed by atoms with van der Waals surface area (Å²) in [6.07, 6.45) is 2.10. The van der Waals surface area contributed by atoms with E-state index in [2.05, 4.69) is 25.5 Å². The number of rotatable bonds is 7. The van der Waals surface area contributed by atoms with Crippen LogP contribution in [0.2, 0.25) is 15.1 Å². The summed E-state index contributed by atoms with van der Waals surface area (Å²) in [5.41, 5.74) is 5.33. The van der Waals surface area contributed by atoms with Gasteiger partial charge in [-0.3, -0.25) is 4.79 Å². The van der Waals surface area contributed by atoms with Crippen LogP contribution >= 0.6 is 34.8 Å². The van der Waals surface area contributed by atoms with Crippen LogP contribution in [0.4, 0.5) is 0 Å². The molecule has 1 atom stereocenters. The first-order valence-corrected chi connectivity index (χ1v) is 12.3. The Bertz CT molecular complexity index is 1580. The van der Waals surface area contributed by atoms with Crippen molar-refractivity contribution < 1.29 is 9.53 Å². The van der Waals surface area contributed by atoms with Crippen LogP contribution in [0.1, 0.15) is 39.3 Å². The van der Waals surface area contributed by atoms with Crippen molar-refractivity contribution in [3.05, 3.63) is 98.4 Å². The number of methoxy groups -OCH3 is 1. The molecule has 3 heterocycles. The Morgan fingerprint density at radius 3 is 2.59 bits per heavy atom. The molecule has 1 unspecified atom stereocenters. The summed E-state index contributed by atoms with van der Waals surface area (Å²) >= 11 is 18.5. The Labute approximate surface area is 226 Å². The van der Waals surface area contributed by atoms with Gasteiger partial charge in [-0.25, -0.2) is 20.4 Å². The third kappa shape index (κ3) is 5.24. The van der Waals surface area contributed by atoms with Crippen molar-refractivity contribution in [2.24, 2.45) is 0 Å². The number of fused-ring (bicyclic) bond motifs is 1. The summed E-state index contributed by atoms with van der Waals surface area (Å²) in [5.74, 6) is 1.40. The monoisotopic (exact) mass is 555 g/mol. The normalized spacial score (nSPS) is 12.0. The van der Waals surface area contributed by atoms with Crippen LogP contribution in [-0.2, 0) is 6.42 Å². The minimum Gasteiger partial charge on any atom is -0.481 e. The van der Waals surface area contributed by atoms with Crippen molar-refractivity contribution in [2.45, 2.75) is 19.3 Å². The fourth-order valence-corrected chi connectivity index (χ4v) is 4.68. The van der Waals surface area contributed by atoms with Gasteiger partial charge in [0.2, 0.25) is 5.88 Å². The molecule has 0 bridgehead atoms. The SMILES string of the molecule is COc1ccc(C(Cc2nc(C)n(NC(=O)c3c(Cl)cccc3Cl)n2)c2nc3ccc(Cl)cc3[nH]2)cn1. The molecule has 5 rings (SSSR count). The third-order valence-corrected chi connectivity index (χ3v) is 6.62. The number of amides is 1. The molecule has 12 heteroatoms. The molecule has 188 valence electrons. The van der Waals surface area contributed by atoms with Gasteiger partial charge in [-0.2, -0.15) is 4.79 Å². The molecular weight excluding hydrogens is 537 g/mol. The minimum absolute atomic E-state index is 0.158. The highest BCUT2D eigenvalue weighted by Gasteiger charge is 2.23. The lowest BCUT2D eigenvalue weighted by molar-refractivity contribution is 0.100. The van der Waals surface area contributed by atoms with E-state index in [9.17, 15) is 4.79 Å². The van der Waals surface area contributed by atoms with Crippen molar-refractivity contribution in [1.29, 1.82) is 0 Å². The van der Waals surface area contributed by atoms with Gasteiger partial charge in [-0.15, -0.1) is 5.10 Å². The fraction of sp³-hybridized carbons (Fsp3) is 0.160. The highest BCUT2D eigenvalue weighted by Crippen LogP contribution is 2.29. The van der Waals surface area contributed by atoms with E-state index >= 15 is 0 Å². The van der Waals surface area contributed by atoms with Crippen molar-refractivity contribution in [1.82, 2.24) is 29.8 Å². The number of halogens is 3. The van der Waals surface area contributed by atoms with Crippen LogP contribution in [0.15, 0.2) is 54.7 Å². The molecule has 1 amide bonds. The number of carbonyl (C=O) groups is 1. The highest BCUT2D eigenvalue weighted by molar-refractivity contribution is 6.40. The number of aromatic nitrogens is 6. The first-order chi connectivity index (χ1) is 17.8. The molecule has 0 aliphatic rings. The molecule has 0 radical (unpaired) electrons. The number of ether oxygens (including phenoxy) is 1. The summed E-state index contributed by atoms with van der Waals surface area (Å²) in [6.45, 7) is 1.73. The zero-order valence-electron chi connectivity index (χ0n) is 19.7. The van der Waals surface area contributed by atoms with Crippen LogP contribution < -0.4 is 10.2 Å². The van der Waals surface area contributed by atoms with E-state index in [1.165, 1.54) is 4.79 Å².